The van der Waals surface area contributed by atoms with Crippen molar-refractivity contribution in [1.29, 1.82) is 0 Å². The summed E-state index contributed by atoms with van der Waals surface area (Å²) >= 11 is 0. The number of aromatic nitrogens is 1. The lowest BCUT2D eigenvalue weighted by atomic mass is 10.1. The van der Waals surface area contributed by atoms with Gasteiger partial charge in [0.25, 0.3) is 0 Å². The molecule has 102 valence electrons. The van der Waals surface area contributed by atoms with Gasteiger partial charge in [-0.1, -0.05) is 30.6 Å². The number of fused-ring (bicyclic) bond motifs is 1. The van der Waals surface area contributed by atoms with Crippen LogP contribution >= 0.6 is 0 Å². The maximum atomic E-state index is 11.9. The molecule has 3 N–H and O–H groups in total. The third-order valence-electron chi connectivity index (χ3n) is 3.07. The van der Waals surface area contributed by atoms with Crippen molar-refractivity contribution in [2.75, 3.05) is 6.54 Å². The van der Waals surface area contributed by atoms with Gasteiger partial charge >= 0.3 is 0 Å². The summed E-state index contributed by atoms with van der Waals surface area (Å²) in [5, 5.41) is 7.76. The van der Waals surface area contributed by atoms with Crippen molar-refractivity contribution >= 4 is 16.9 Å². The molecule has 5 heteroatoms. The molecule has 1 aromatic carbocycles. The Kier molecular flexibility index (Phi) is 4.52. The van der Waals surface area contributed by atoms with E-state index in [0.717, 1.165) is 18.2 Å². The van der Waals surface area contributed by atoms with E-state index in [2.05, 4.69) is 17.4 Å². The quantitative estimate of drug-likeness (QED) is 0.827. The second-order valence-corrected chi connectivity index (χ2v) is 4.59. The minimum absolute atomic E-state index is 0.0377. The molecule has 1 unspecified atom stereocenters. The first-order valence-corrected chi connectivity index (χ1v) is 6.57. The van der Waals surface area contributed by atoms with Gasteiger partial charge < -0.3 is 15.6 Å². The van der Waals surface area contributed by atoms with Gasteiger partial charge in [0.2, 0.25) is 5.91 Å². The monoisotopic (exact) mass is 261 g/mol. The molecule has 0 aliphatic rings. The molecule has 0 radical (unpaired) electrons. The first-order valence-electron chi connectivity index (χ1n) is 6.57. The van der Waals surface area contributed by atoms with Gasteiger partial charge in [-0.05, 0) is 18.6 Å². The van der Waals surface area contributed by atoms with Crippen LogP contribution in [0.1, 0.15) is 25.5 Å². The van der Waals surface area contributed by atoms with Crippen molar-refractivity contribution in [3.8, 4) is 0 Å². The number of carbonyl (C=O) groups is 1. The second kappa shape index (κ2) is 6.33. The molecule has 2 rings (SSSR count). The van der Waals surface area contributed by atoms with Gasteiger partial charge in [-0.25, -0.2) is 0 Å². The Hall–Kier alpha value is -1.88. The topological polar surface area (TPSA) is 81.1 Å². The summed E-state index contributed by atoms with van der Waals surface area (Å²) in [6.07, 6.45) is 2.11. The standard InChI is InChI=1S/C14H19N3O2/c1-2-5-10(9-15)16-14(18)8-12-11-6-3-4-7-13(11)19-17-12/h3-4,6-7,10H,2,5,8-9,15H2,1H3,(H,16,18). The predicted molar refractivity (Wildman–Crippen MR) is 73.6 cm³/mol. The minimum Gasteiger partial charge on any atom is -0.356 e. The van der Waals surface area contributed by atoms with E-state index in [1.807, 2.05) is 24.3 Å². The third kappa shape index (κ3) is 3.32. The van der Waals surface area contributed by atoms with Crippen LogP contribution in [0.5, 0.6) is 0 Å². The van der Waals surface area contributed by atoms with Crippen LogP contribution in [0, 0.1) is 0 Å². The zero-order chi connectivity index (χ0) is 13.7. The Morgan fingerprint density at radius 3 is 3.00 bits per heavy atom. The normalized spacial score (nSPS) is 12.5. The van der Waals surface area contributed by atoms with Crippen molar-refractivity contribution in [2.24, 2.45) is 5.73 Å². The molecular weight excluding hydrogens is 242 g/mol. The van der Waals surface area contributed by atoms with Crippen molar-refractivity contribution in [1.82, 2.24) is 10.5 Å². The number of para-hydroxylation sites is 1. The summed E-state index contributed by atoms with van der Waals surface area (Å²) in [6, 6.07) is 7.56. The number of carbonyl (C=O) groups excluding carboxylic acids is 1. The first-order chi connectivity index (χ1) is 9.24. The van der Waals surface area contributed by atoms with Gasteiger partial charge in [-0.3, -0.25) is 4.79 Å². The lowest BCUT2D eigenvalue weighted by Gasteiger charge is -2.15. The molecule has 0 aliphatic heterocycles. The summed E-state index contributed by atoms with van der Waals surface area (Å²) in [7, 11) is 0. The molecule has 0 saturated heterocycles. The smallest absolute Gasteiger partial charge is 0.226 e. The van der Waals surface area contributed by atoms with Crippen LogP contribution in [-0.4, -0.2) is 23.7 Å². The highest BCUT2D eigenvalue weighted by molar-refractivity contribution is 5.86. The molecule has 2 aromatic rings. The number of nitrogens with two attached hydrogens (primary N) is 1. The van der Waals surface area contributed by atoms with Crippen LogP contribution in [0.15, 0.2) is 28.8 Å². The number of rotatable bonds is 6. The highest BCUT2D eigenvalue weighted by atomic mass is 16.5. The van der Waals surface area contributed by atoms with E-state index in [1.165, 1.54) is 0 Å². The Morgan fingerprint density at radius 2 is 2.26 bits per heavy atom. The molecule has 1 atom stereocenters. The van der Waals surface area contributed by atoms with Gasteiger partial charge in [0.15, 0.2) is 5.58 Å². The largest absolute Gasteiger partial charge is 0.356 e. The molecule has 0 aliphatic carbocycles. The average Bonchev–Trinajstić information content (AvgIpc) is 2.82. The first kappa shape index (κ1) is 13.5. The maximum absolute atomic E-state index is 11.9. The van der Waals surface area contributed by atoms with E-state index in [-0.39, 0.29) is 18.4 Å². The van der Waals surface area contributed by atoms with Gasteiger partial charge in [0.1, 0.15) is 5.69 Å². The summed E-state index contributed by atoms with van der Waals surface area (Å²) in [5.41, 5.74) is 6.99. The molecule has 1 amide bonds. The van der Waals surface area contributed by atoms with Gasteiger partial charge in [-0.15, -0.1) is 0 Å². The zero-order valence-electron chi connectivity index (χ0n) is 11.1. The van der Waals surface area contributed by atoms with Crippen molar-refractivity contribution in [3.63, 3.8) is 0 Å². The molecule has 0 fully saturated rings. The van der Waals surface area contributed by atoms with E-state index in [9.17, 15) is 4.79 Å². The summed E-state index contributed by atoms with van der Waals surface area (Å²) in [4.78, 5) is 11.9. The van der Waals surface area contributed by atoms with E-state index < -0.39 is 0 Å². The van der Waals surface area contributed by atoms with E-state index in [1.54, 1.807) is 0 Å². The van der Waals surface area contributed by atoms with Gasteiger partial charge in [-0.2, -0.15) is 0 Å². The average molecular weight is 261 g/mol. The van der Waals surface area contributed by atoms with Gasteiger partial charge in [0, 0.05) is 18.0 Å². The second-order valence-electron chi connectivity index (χ2n) is 4.59. The lowest BCUT2D eigenvalue weighted by Crippen LogP contribution is -2.40. The van der Waals surface area contributed by atoms with E-state index in [0.29, 0.717) is 17.8 Å². The van der Waals surface area contributed by atoms with E-state index in [4.69, 9.17) is 10.3 Å². The Bertz CT molecular complexity index is 550. The van der Waals surface area contributed by atoms with Crippen molar-refractivity contribution in [2.45, 2.75) is 32.2 Å². The van der Waals surface area contributed by atoms with Crippen molar-refractivity contribution in [3.05, 3.63) is 30.0 Å². The SMILES string of the molecule is CCCC(CN)NC(=O)Cc1noc2ccccc12. The van der Waals surface area contributed by atoms with E-state index >= 15 is 0 Å². The maximum Gasteiger partial charge on any atom is 0.226 e. The Labute approximate surface area is 112 Å². The van der Waals surface area contributed by atoms with Crippen LogP contribution in [0.2, 0.25) is 0 Å². The summed E-state index contributed by atoms with van der Waals surface area (Å²) in [5.74, 6) is -0.0667. The van der Waals surface area contributed by atoms with Crippen LogP contribution < -0.4 is 11.1 Å². The number of nitrogens with zero attached hydrogens (tertiary/aromatic N) is 1. The molecule has 1 heterocycles. The highest BCUT2D eigenvalue weighted by Gasteiger charge is 2.14. The molecule has 0 spiro atoms. The van der Waals surface area contributed by atoms with Crippen LogP contribution in [-0.2, 0) is 11.2 Å². The summed E-state index contributed by atoms with van der Waals surface area (Å²) < 4.78 is 5.17. The molecule has 0 bridgehead atoms. The Balaban J connectivity index is 2.02. The molecular formula is C14H19N3O2. The molecule has 19 heavy (non-hydrogen) atoms. The predicted octanol–water partition coefficient (Wildman–Crippen LogP) is 1.61. The van der Waals surface area contributed by atoms with Crippen LogP contribution in [0.25, 0.3) is 11.0 Å². The van der Waals surface area contributed by atoms with Crippen LogP contribution in [0.3, 0.4) is 0 Å². The fraction of sp³-hybridized carbons (Fsp3) is 0.429. The molecule has 1 aromatic heterocycles. The Morgan fingerprint density at radius 1 is 1.47 bits per heavy atom. The fourth-order valence-corrected chi connectivity index (χ4v) is 2.09. The zero-order valence-corrected chi connectivity index (χ0v) is 11.1. The van der Waals surface area contributed by atoms with Crippen molar-refractivity contribution < 1.29 is 9.32 Å². The number of amides is 1. The highest BCUT2D eigenvalue weighted by Crippen LogP contribution is 2.18. The third-order valence-corrected chi connectivity index (χ3v) is 3.07. The minimum atomic E-state index is -0.0667. The number of hydrogen-bond donors (Lipinski definition) is 2. The number of nitrogens with one attached hydrogen (secondary N) is 1. The number of benzene rings is 1. The van der Waals surface area contributed by atoms with Gasteiger partial charge in [0.05, 0.1) is 6.42 Å². The fourth-order valence-electron chi connectivity index (χ4n) is 2.09. The molecule has 5 nitrogen and oxygen atoms in total. The number of hydrogen-bond acceptors (Lipinski definition) is 4. The van der Waals surface area contributed by atoms with Crippen LogP contribution in [0.4, 0.5) is 0 Å². The summed E-state index contributed by atoms with van der Waals surface area (Å²) in [6.45, 7) is 2.53. The molecule has 0 saturated carbocycles. The lowest BCUT2D eigenvalue weighted by molar-refractivity contribution is -0.121.